The second-order valence-electron chi connectivity index (χ2n) is 3.67. The molecule has 0 unspecified atom stereocenters. The predicted molar refractivity (Wildman–Crippen MR) is 59.7 cm³/mol. The van der Waals surface area contributed by atoms with Crippen molar-refractivity contribution in [2.45, 2.75) is 19.8 Å². The zero-order chi connectivity index (χ0) is 9.54. The molecule has 1 aromatic heterocycles. The van der Waals surface area contributed by atoms with Crippen molar-refractivity contribution in [3.05, 3.63) is 40.5 Å². The number of benzene rings is 1. The van der Waals surface area contributed by atoms with E-state index in [2.05, 4.69) is 36.2 Å². The molecule has 0 bridgehead atoms. The highest BCUT2D eigenvalue weighted by molar-refractivity contribution is 7.15. The summed E-state index contributed by atoms with van der Waals surface area (Å²) in [5, 5.41) is 1.19. The van der Waals surface area contributed by atoms with Gasteiger partial charge in [0.2, 0.25) is 0 Å². The van der Waals surface area contributed by atoms with E-state index in [0.717, 1.165) is 12.8 Å². The number of hydrogen-bond acceptors (Lipinski definition) is 2. The molecule has 70 valence electrons. The van der Waals surface area contributed by atoms with Gasteiger partial charge in [0.15, 0.2) is 0 Å². The number of hydrogen-bond donors (Lipinski definition) is 0. The summed E-state index contributed by atoms with van der Waals surface area (Å²) in [5.41, 5.74) is 4.18. The van der Waals surface area contributed by atoms with Crippen molar-refractivity contribution in [3.63, 3.8) is 0 Å². The minimum Gasteiger partial charge on any atom is -0.246 e. The van der Waals surface area contributed by atoms with Crippen LogP contribution in [0.15, 0.2) is 24.3 Å². The molecule has 1 aliphatic rings. The van der Waals surface area contributed by atoms with E-state index in [9.17, 15) is 0 Å². The van der Waals surface area contributed by atoms with Gasteiger partial charge in [0.05, 0.1) is 15.6 Å². The third-order valence-corrected chi connectivity index (χ3v) is 3.74. The summed E-state index contributed by atoms with van der Waals surface area (Å²) >= 11 is 1.82. The Morgan fingerprint density at radius 1 is 1.21 bits per heavy atom. The standard InChI is InChI=1S/C12H11NS/c1-8-13-11-7-6-9-4-2-3-5-10(9)12(11)14-8/h2-5H,6-7H2,1H3. The molecule has 0 radical (unpaired) electrons. The van der Waals surface area contributed by atoms with E-state index in [4.69, 9.17) is 0 Å². The maximum absolute atomic E-state index is 4.57. The molecule has 0 saturated carbocycles. The molecule has 2 heteroatoms. The van der Waals surface area contributed by atoms with Crippen LogP contribution in [0.4, 0.5) is 0 Å². The summed E-state index contributed by atoms with van der Waals surface area (Å²) < 4.78 is 0. The zero-order valence-electron chi connectivity index (χ0n) is 8.08. The molecule has 0 spiro atoms. The minimum absolute atomic E-state index is 1.11. The highest BCUT2D eigenvalue weighted by Gasteiger charge is 2.18. The Bertz CT molecular complexity index is 485. The van der Waals surface area contributed by atoms with Crippen molar-refractivity contribution in [3.8, 4) is 10.4 Å². The molecule has 1 aliphatic carbocycles. The fourth-order valence-corrected chi connectivity index (χ4v) is 3.09. The van der Waals surface area contributed by atoms with E-state index in [-0.39, 0.29) is 0 Å². The van der Waals surface area contributed by atoms with Crippen LogP contribution in [0.1, 0.15) is 16.3 Å². The van der Waals surface area contributed by atoms with Crippen molar-refractivity contribution in [2.75, 3.05) is 0 Å². The van der Waals surface area contributed by atoms with E-state index in [1.165, 1.54) is 26.7 Å². The van der Waals surface area contributed by atoms with Crippen molar-refractivity contribution < 1.29 is 0 Å². The highest BCUT2D eigenvalue weighted by Crippen LogP contribution is 2.37. The van der Waals surface area contributed by atoms with Crippen LogP contribution in [0.2, 0.25) is 0 Å². The molecule has 2 aromatic rings. The van der Waals surface area contributed by atoms with Crippen LogP contribution < -0.4 is 0 Å². The summed E-state index contributed by atoms with van der Waals surface area (Å²) in [4.78, 5) is 5.96. The van der Waals surface area contributed by atoms with Crippen LogP contribution in [-0.2, 0) is 12.8 Å². The molecule has 1 nitrogen and oxygen atoms in total. The van der Waals surface area contributed by atoms with Crippen LogP contribution in [0.5, 0.6) is 0 Å². The van der Waals surface area contributed by atoms with E-state index in [0.29, 0.717) is 0 Å². The number of rotatable bonds is 0. The van der Waals surface area contributed by atoms with Crippen molar-refractivity contribution in [1.82, 2.24) is 4.98 Å². The van der Waals surface area contributed by atoms with Gasteiger partial charge in [-0.05, 0) is 30.9 Å². The van der Waals surface area contributed by atoms with Gasteiger partial charge < -0.3 is 0 Å². The first-order chi connectivity index (χ1) is 6.84. The molecule has 0 fully saturated rings. The van der Waals surface area contributed by atoms with E-state index in [1.54, 1.807) is 0 Å². The van der Waals surface area contributed by atoms with Gasteiger partial charge in [-0.25, -0.2) is 4.98 Å². The second kappa shape index (κ2) is 2.92. The van der Waals surface area contributed by atoms with Crippen LogP contribution in [0.3, 0.4) is 0 Å². The number of nitrogens with zero attached hydrogens (tertiary/aromatic N) is 1. The smallest absolute Gasteiger partial charge is 0.0903 e. The average Bonchev–Trinajstić information content (AvgIpc) is 2.59. The molecule has 1 heterocycles. The Morgan fingerprint density at radius 3 is 3.00 bits per heavy atom. The molecular weight excluding hydrogens is 190 g/mol. The Hall–Kier alpha value is -1.15. The van der Waals surface area contributed by atoms with Gasteiger partial charge in [0.25, 0.3) is 0 Å². The molecule has 0 aliphatic heterocycles. The van der Waals surface area contributed by atoms with Crippen LogP contribution >= 0.6 is 11.3 Å². The third-order valence-electron chi connectivity index (χ3n) is 2.70. The van der Waals surface area contributed by atoms with E-state index in [1.807, 2.05) is 11.3 Å². The van der Waals surface area contributed by atoms with Crippen molar-refractivity contribution in [1.29, 1.82) is 0 Å². The Labute approximate surface area is 87.4 Å². The Morgan fingerprint density at radius 2 is 2.07 bits per heavy atom. The summed E-state index contributed by atoms with van der Waals surface area (Å²) in [6, 6.07) is 8.68. The topological polar surface area (TPSA) is 12.9 Å². The van der Waals surface area contributed by atoms with Crippen LogP contribution in [-0.4, -0.2) is 4.98 Å². The van der Waals surface area contributed by atoms with Crippen LogP contribution in [0, 0.1) is 6.92 Å². The van der Waals surface area contributed by atoms with Gasteiger partial charge in [-0.3, -0.25) is 0 Å². The van der Waals surface area contributed by atoms with Gasteiger partial charge in [-0.1, -0.05) is 24.3 Å². The summed E-state index contributed by atoms with van der Waals surface area (Å²) in [5.74, 6) is 0. The largest absolute Gasteiger partial charge is 0.246 e. The summed E-state index contributed by atoms with van der Waals surface area (Å²) in [6.45, 7) is 2.09. The molecule has 3 rings (SSSR count). The molecule has 1 aromatic carbocycles. The molecule has 0 amide bonds. The summed E-state index contributed by atoms with van der Waals surface area (Å²) in [6.07, 6.45) is 2.25. The highest BCUT2D eigenvalue weighted by atomic mass is 32.1. The van der Waals surface area contributed by atoms with E-state index >= 15 is 0 Å². The molecule has 0 atom stereocenters. The summed E-state index contributed by atoms with van der Waals surface area (Å²) in [7, 11) is 0. The zero-order valence-corrected chi connectivity index (χ0v) is 8.90. The van der Waals surface area contributed by atoms with Crippen molar-refractivity contribution >= 4 is 11.3 Å². The quantitative estimate of drug-likeness (QED) is 0.637. The third kappa shape index (κ3) is 1.11. The Kier molecular flexibility index (Phi) is 1.71. The average molecular weight is 201 g/mol. The normalized spacial score (nSPS) is 13.5. The lowest BCUT2D eigenvalue weighted by atomic mass is 9.94. The second-order valence-corrected chi connectivity index (χ2v) is 4.87. The first-order valence-electron chi connectivity index (χ1n) is 4.89. The molecule has 14 heavy (non-hydrogen) atoms. The molecule has 0 N–H and O–H groups in total. The van der Waals surface area contributed by atoms with Gasteiger partial charge >= 0.3 is 0 Å². The van der Waals surface area contributed by atoms with Crippen molar-refractivity contribution in [2.24, 2.45) is 0 Å². The lowest BCUT2D eigenvalue weighted by molar-refractivity contribution is 0.905. The SMILES string of the molecule is Cc1nc2c(s1)-c1ccccc1CC2. The number of fused-ring (bicyclic) bond motifs is 3. The minimum atomic E-state index is 1.11. The van der Waals surface area contributed by atoms with Gasteiger partial charge in [-0.2, -0.15) is 0 Å². The fourth-order valence-electron chi connectivity index (χ4n) is 2.06. The molecule has 0 saturated heterocycles. The number of thiazole rings is 1. The van der Waals surface area contributed by atoms with Gasteiger partial charge in [0, 0.05) is 0 Å². The van der Waals surface area contributed by atoms with Gasteiger partial charge in [0.1, 0.15) is 0 Å². The Balaban J connectivity index is 2.28. The lowest BCUT2D eigenvalue weighted by Crippen LogP contribution is -2.01. The maximum atomic E-state index is 4.57. The maximum Gasteiger partial charge on any atom is 0.0903 e. The monoisotopic (exact) mass is 201 g/mol. The number of aryl methyl sites for hydroxylation is 3. The van der Waals surface area contributed by atoms with E-state index < -0.39 is 0 Å². The number of aromatic nitrogens is 1. The first kappa shape index (κ1) is 8.18. The fraction of sp³-hybridized carbons (Fsp3) is 0.250. The predicted octanol–water partition coefficient (Wildman–Crippen LogP) is 3.22. The lowest BCUT2D eigenvalue weighted by Gasteiger charge is -2.13. The first-order valence-corrected chi connectivity index (χ1v) is 5.71. The van der Waals surface area contributed by atoms with Crippen LogP contribution in [0.25, 0.3) is 10.4 Å². The molecular formula is C12H11NS. The van der Waals surface area contributed by atoms with Gasteiger partial charge in [-0.15, -0.1) is 11.3 Å².